The number of allylic oxidation sites excluding steroid dienone is 1. The van der Waals surface area contributed by atoms with Crippen LogP contribution in [0.2, 0.25) is 0 Å². The highest BCUT2D eigenvalue weighted by atomic mass is 16.5. The maximum absolute atomic E-state index is 12.6. The number of hydrogen-bond donors (Lipinski definition) is 3. The van der Waals surface area contributed by atoms with Gasteiger partial charge in [-0.3, -0.25) is 24.7 Å². The molecule has 0 saturated carbocycles. The number of nitrogens with one attached hydrogen (secondary N) is 2. The fraction of sp³-hybridized carbons (Fsp3) is 0.391. The monoisotopic (exact) mass is 437 g/mol. The van der Waals surface area contributed by atoms with E-state index in [4.69, 9.17) is 10.5 Å². The Morgan fingerprint density at radius 2 is 2.09 bits per heavy atom. The number of ether oxygens (including phenoxy) is 1. The molecule has 0 radical (unpaired) electrons. The zero-order valence-electron chi connectivity index (χ0n) is 18.5. The van der Waals surface area contributed by atoms with Gasteiger partial charge in [0.25, 0.3) is 5.91 Å². The lowest BCUT2D eigenvalue weighted by Crippen LogP contribution is -2.35. The van der Waals surface area contributed by atoms with Crippen LogP contribution in [0.5, 0.6) is 0 Å². The topological polar surface area (TPSA) is 119 Å². The summed E-state index contributed by atoms with van der Waals surface area (Å²) in [6.45, 7) is 8.20. The molecule has 4 N–H and O–H groups in total. The zero-order chi connectivity index (χ0) is 22.8. The van der Waals surface area contributed by atoms with Crippen molar-refractivity contribution in [1.82, 2.24) is 20.2 Å². The normalized spacial score (nSPS) is 15.6. The first-order valence-electron chi connectivity index (χ1n) is 10.7. The molecule has 32 heavy (non-hydrogen) atoms. The molecule has 9 nitrogen and oxygen atoms in total. The second-order valence-electron chi connectivity index (χ2n) is 7.55. The van der Waals surface area contributed by atoms with Crippen LogP contribution >= 0.6 is 0 Å². The fourth-order valence-electron chi connectivity index (χ4n) is 3.51. The average molecular weight is 438 g/mol. The molecular formula is C23H31N7O2. The molecule has 0 spiro atoms. The molecule has 1 aromatic carbocycles. The lowest BCUT2D eigenvalue weighted by molar-refractivity contribution is 0.0783. The first kappa shape index (κ1) is 23.5. The van der Waals surface area contributed by atoms with E-state index in [1.807, 2.05) is 31.2 Å². The highest BCUT2D eigenvalue weighted by Crippen LogP contribution is 2.09. The van der Waals surface area contributed by atoms with Gasteiger partial charge in [-0.2, -0.15) is 0 Å². The van der Waals surface area contributed by atoms with Crippen molar-refractivity contribution in [3.63, 3.8) is 0 Å². The van der Waals surface area contributed by atoms with E-state index in [1.165, 1.54) is 0 Å². The van der Waals surface area contributed by atoms with Gasteiger partial charge in [0.15, 0.2) is 0 Å². The van der Waals surface area contributed by atoms with Crippen LogP contribution in [0.15, 0.2) is 58.5 Å². The maximum atomic E-state index is 12.6. The first-order valence-corrected chi connectivity index (χ1v) is 10.7. The minimum atomic E-state index is -0.265. The van der Waals surface area contributed by atoms with E-state index >= 15 is 0 Å². The Bertz CT molecular complexity index is 974. The summed E-state index contributed by atoms with van der Waals surface area (Å²) in [6.07, 6.45) is 6.82. The third-order valence-electron chi connectivity index (χ3n) is 5.31. The maximum Gasteiger partial charge on any atom is 0.271 e. The van der Waals surface area contributed by atoms with Crippen molar-refractivity contribution in [3.05, 3.63) is 65.4 Å². The first-order chi connectivity index (χ1) is 15.6. The molecule has 1 aliphatic rings. The standard InChI is InChI=1S/C23H31N7O2/c1-17(12-25-2)22(28-15-27-20-7-9-32-10-8-20)30-14-21(29-16-30)23(31)26-13-19-6-4-3-5-18(19)11-24/h3-6,12,14,16,20,27H,2,7-11,13,15,24H2,1H3,(H,26,31)/b17-12-,28-22?. The molecule has 0 unspecified atom stereocenters. The number of nitrogens with zero attached hydrogens (tertiary/aromatic N) is 4. The molecule has 9 heteroatoms. The van der Waals surface area contributed by atoms with Crippen LogP contribution in [0.1, 0.15) is 41.4 Å². The van der Waals surface area contributed by atoms with Crippen molar-refractivity contribution >= 4 is 18.5 Å². The third-order valence-corrected chi connectivity index (χ3v) is 5.31. The number of hydrogen-bond acceptors (Lipinski definition) is 7. The number of aromatic nitrogens is 2. The van der Waals surface area contributed by atoms with Gasteiger partial charge in [-0.1, -0.05) is 24.3 Å². The molecule has 1 aromatic heterocycles. The Kier molecular flexibility index (Phi) is 8.85. The quantitative estimate of drug-likeness (QED) is 0.409. The van der Waals surface area contributed by atoms with E-state index in [9.17, 15) is 4.79 Å². The smallest absolute Gasteiger partial charge is 0.271 e. The van der Waals surface area contributed by atoms with Crippen LogP contribution in [-0.2, 0) is 17.8 Å². The number of amides is 1. The molecule has 1 aliphatic heterocycles. The van der Waals surface area contributed by atoms with Crippen molar-refractivity contribution in [1.29, 1.82) is 0 Å². The van der Waals surface area contributed by atoms with Crippen molar-refractivity contribution < 1.29 is 9.53 Å². The van der Waals surface area contributed by atoms with Gasteiger partial charge in [-0.05, 0) is 37.6 Å². The molecule has 2 heterocycles. The van der Waals surface area contributed by atoms with Gasteiger partial charge in [-0.15, -0.1) is 0 Å². The summed E-state index contributed by atoms with van der Waals surface area (Å²) in [5, 5.41) is 6.34. The Labute approximate surface area is 188 Å². The van der Waals surface area contributed by atoms with Crippen LogP contribution in [0.3, 0.4) is 0 Å². The van der Waals surface area contributed by atoms with Crippen molar-refractivity contribution in [2.45, 2.75) is 38.9 Å². The van der Waals surface area contributed by atoms with E-state index in [2.05, 4.69) is 32.3 Å². The molecule has 0 bridgehead atoms. The largest absolute Gasteiger partial charge is 0.381 e. The van der Waals surface area contributed by atoms with E-state index in [-0.39, 0.29) is 5.91 Å². The van der Waals surface area contributed by atoms with Gasteiger partial charge in [0.05, 0.1) is 6.67 Å². The van der Waals surface area contributed by atoms with E-state index < -0.39 is 0 Å². The molecular weight excluding hydrogens is 406 g/mol. The van der Waals surface area contributed by atoms with E-state index in [0.717, 1.165) is 42.8 Å². The van der Waals surface area contributed by atoms with E-state index in [1.54, 1.807) is 23.3 Å². The predicted octanol–water partition coefficient (Wildman–Crippen LogP) is 1.85. The summed E-state index contributed by atoms with van der Waals surface area (Å²) in [6, 6.07) is 8.15. The highest BCUT2D eigenvalue weighted by molar-refractivity contribution is 6.00. The number of aliphatic imine (C=N–C) groups is 2. The molecule has 170 valence electrons. The molecule has 1 amide bonds. The van der Waals surface area contributed by atoms with Crippen LogP contribution in [-0.4, -0.2) is 53.9 Å². The van der Waals surface area contributed by atoms with E-state index in [0.29, 0.717) is 37.3 Å². The Hall–Kier alpha value is -3.14. The minimum absolute atomic E-state index is 0.265. The number of carbonyl (C=O) groups is 1. The SMILES string of the molecule is C=N/C=C(/C)C(=NCNC1CCOCC1)n1cnc(C(=O)NCc2ccccc2CN)c1. The number of imidazole rings is 1. The molecule has 0 atom stereocenters. The van der Waals surface area contributed by atoms with Crippen LogP contribution in [0.4, 0.5) is 0 Å². The van der Waals surface area contributed by atoms with Gasteiger partial charge in [-0.25, -0.2) is 4.98 Å². The summed E-state index contributed by atoms with van der Waals surface area (Å²) < 4.78 is 7.12. The summed E-state index contributed by atoms with van der Waals surface area (Å²) in [5.74, 6) is 0.385. The van der Waals surface area contributed by atoms with Crippen LogP contribution in [0, 0.1) is 0 Å². The second-order valence-corrected chi connectivity index (χ2v) is 7.55. The van der Waals surface area contributed by atoms with Crippen LogP contribution < -0.4 is 16.4 Å². The van der Waals surface area contributed by atoms with Gasteiger partial charge in [0.1, 0.15) is 17.9 Å². The van der Waals surface area contributed by atoms with Gasteiger partial charge < -0.3 is 15.8 Å². The van der Waals surface area contributed by atoms with Crippen molar-refractivity contribution in [2.24, 2.45) is 15.7 Å². The summed E-state index contributed by atoms with van der Waals surface area (Å²) in [7, 11) is 0. The fourth-order valence-corrected chi connectivity index (χ4v) is 3.51. The van der Waals surface area contributed by atoms with Gasteiger partial charge >= 0.3 is 0 Å². The number of benzene rings is 1. The summed E-state index contributed by atoms with van der Waals surface area (Å²) in [5.41, 5.74) is 8.88. The number of nitrogens with two attached hydrogens (primary N) is 1. The molecule has 1 fully saturated rings. The minimum Gasteiger partial charge on any atom is -0.381 e. The Morgan fingerprint density at radius 3 is 2.81 bits per heavy atom. The van der Waals surface area contributed by atoms with Crippen LogP contribution in [0.25, 0.3) is 0 Å². The van der Waals surface area contributed by atoms with Crippen molar-refractivity contribution in [3.8, 4) is 0 Å². The molecule has 3 rings (SSSR count). The zero-order valence-corrected chi connectivity index (χ0v) is 18.5. The average Bonchev–Trinajstić information content (AvgIpc) is 3.31. The Balaban J connectivity index is 1.68. The second kappa shape index (κ2) is 12.0. The van der Waals surface area contributed by atoms with Crippen molar-refractivity contribution in [2.75, 3.05) is 19.9 Å². The predicted molar refractivity (Wildman–Crippen MR) is 126 cm³/mol. The highest BCUT2D eigenvalue weighted by Gasteiger charge is 2.15. The van der Waals surface area contributed by atoms with Gasteiger partial charge in [0.2, 0.25) is 0 Å². The summed E-state index contributed by atoms with van der Waals surface area (Å²) in [4.78, 5) is 25.4. The summed E-state index contributed by atoms with van der Waals surface area (Å²) >= 11 is 0. The molecule has 1 saturated heterocycles. The Morgan fingerprint density at radius 1 is 1.34 bits per heavy atom. The third kappa shape index (κ3) is 6.43. The number of carbonyl (C=O) groups excluding carboxylic acids is 1. The molecule has 2 aromatic rings. The number of rotatable bonds is 9. The van der Waals surface area contributed by atoms with Gasteiger partial charge in [0, 0.05) is 50.3 Å². The lowest BCUT2D eigenvalue weighted by Gasteiger charge is -2.22. The lowest BCUT2D eigenvalue weighted by atomic mass is 10.1. The molecule has 0 aliphatic carbocycles.